The SMILES string of the molecule is Cc1ccc(COc2cc(F)ccc2C(C)N)cc1C. The van der Waals surface area contributed by atoms with E-state index >= 15 is 0 Å². The highest BCUT2D eigenvalue weighted by Crippen LogP contribution is 2.26. The molecule has 0 fully saturated rings. The van der Waals surface area contributed by atoms with Gasteiger partial charge in [-0.2, -0.15) is 0 Å². The van der Waals surface area contributed by atoms with Crippen LogP contribution in [0.15, 0.2) is 36.4 Å². The fourth-order valence-corrected chi connectivity index (χ4v) is 2.06. The lowest BCUT2D eigenvalue weighted by atomic mass is 10.1. The number of ether oxygens (including phenoxy) is 1. The molecule has 0 amide bonds. The number of aryl methyl sites for hydroxylation is 2. The molecule has 2 rings (SSSR count). The Kier molecular flexibility index (Phi) is 4.40. The largest absolute Gasteiger partial charge is 0.488 e. The summed E-state index contributed by atoms with van der Waals surface area (Å²) in [6.45, 7) is 6.40. The maximum atomic E-state index is 13.3. The van der Waals surface area contributed by atoms with Crippen molar-refractivity contribution in [2.75, 3.05) is 0 Å². The van der Waals surface area contributed by atoms with Gasteiger partial charge in [-0.1, -0.05) is 24.3 Å². The minimum Gasteiger partial charge on any atom is -0.488 e. The van der Waals surface area contributed by atoms with Crippen LogP contribution >= 0.6 is 0 Å². The van der Waals surface area contributed by atoms with Gasteiger partial charge < -0.3 is 10.5 Å². The predicted molar refractivity (Wildman–Crippen MR) is 79.3 cm³/mol. The van der Waals surface area contributed by atoms with Crippen LogP contribution in [-0.2, 0) is 6.61 Å². The van der Waals surface area contributed by atoms with Crippen LogP contribution in [0.3, 0.4) is 0 Å². The zero-order valence-corrected chi connectivity index (χ0v) is 12.1. The third-order valence-electron chi connectivity index (χ3n) is 3.43. The van der Waals surface area contributed by atoms with Crippen molar-refractivity contribution in [3.05, 3.63) is 64.5 Å². The third-order valence-corrected chi connectivity index (χ3v) is 3.43. The molecular weight excluding hydrogens is 253 g/mol. The van der Waals surface area contributed by atoms with E-state index in [0.717, 1.165) is 11.1 Å². The lowest BCUT2D eigenvalue weighted by Crippen LogP contribution is -2.08. The molecule has 20 heavy (non-hydrogen) atoms. The van der Waals surface area contributed by atoms with E-state index in [-0.39, 0.29) is 11.9 Å². The molecule has 0 bridgehead atoms. The first-order valence-corrected chi connectivity index (χ1v) is 6.71. The number of rotatable bonds is 4. The summed E-state index contributed by atoms with van der Waals surface area (Å²) in [4.78, 5) is 0. The average molecular weight is 273 g/mol. The van der Waals surface area contributed by atoms with Gasteiger partial charge in [0.2, 0.25) is 0 Å². The Hall–Kier alpha value is -1.87. The van der Waals surface area contributed by atoms with Crippen LogP contribution in [0.25, 0.3) is 0 Å². The van der Waals surface area contributed by atoms with Gasteiger partial charge in [0.15, 0.2) is 0 Å². The van der Waals surface area contributed by atoms with Crippen LogP contribution < -0.4 is 10.5 Å². The van der Waals surface area contributed by atoms with Crippen molar-refractivity contribution < 1.29 is 9.13 Å². The molecule has 2 aromatic rings. The first kappa shape index (κ1) is 14.5. The molecule has 0 aliphatic rings. The fourth-order valence-electron chi connectivity index (χ4n) is 2.06. The molecule has 0 heterocycles. The van der Waals surface area contributed by atoms with Crippen molar-refractivity contribution in [2.24, 2.45) is 5.73 Å². The van der Waals surface area contributed by atoms with Gasteiger partial charge >= 0.3 is 0 Å². The molecule has 0 saturated carbocycles. The first-order chi connectivity index (χ1) is 9.47. The molecule has 0 aromatic heterocycles. The van der Waals surface area contributed by atoms with Crippen LogP contribution in [0.4, 0.5) is 4.39 Å². The molecule has 2 aromatic carbocycles. The molecule has 0 spiro atoms. The van der Waals surface area contributed by atoms with Crippen LogP contribution in [-0.4, -0.2) is 0 Å². The molecule has 0 aliphatic heterocycles. The Morgan fingerprint density at radius 1 is 1.10 bits per heavy atom. The molecule has 0 aliphatic carbocycles. The average Bonchev–Trinajstić information content (AvgIpc) is 2.40. The van der Waals surface area contributed by atoms with Crippen LogP contribution in [0, 0.1) is 19.7 Å². The predicted octanol–water partition coefficient (Wildman–Crippen LogP) is 4.04. The Balaban J connectivity index is 2.17. The van der Waals surface area contributed by atoms with Gasteiger partial charge in [0, 0.05) is 17.7 Å². The number of nitrogens with two attached hydrogens (primary N) is 1. The Morgan fingerprint density at radius 3 is 2.50 bits per heavy atom. The van der Waals surface area contributed by atoms with E-state index in [4.69, 9.17) is 10.5 Å². The summed E-state index contributed by atoms with van der Waals surface area (Å²) in [5.74, 6) is 0.197. The van der Waals surface area contributed by atoms with E-state index in [9.17, 15) is 4.39 Å². The van der Waals surface area contributed by atoms with Crippen molar-refractivity contribution in [3.8, 4) is 5.75 Å². The monoisotopic (exact) mass is 273 g/mol. The maximum absolute atomic E-state index is 13.3. The van der Waals surface area contributed by atoms with Crippen molar-refractivity contribution >= 4 is 0 Å². The molecule has 1 atom stereocenters. The smallest absolute Gasteiger partial charge is 0.127 e. The molecule has 106 valence electrons. The van der Waals surface area contributed by atoms with E-state index in [1.807, 2.05) is 13.0 Å². The second-order valence-electron chi connectivity index (χ2n) is 5.18. The second kappa shape index (κ2) is 6.06. The van der Waals surface area contributed by atoms with E-state index in [0.29, 0.717) is 12.4 Å². The lowest BCUT2D eigenvalue weighted by Gasteiger charge is -2.14. The quantitative estimate of drug-likeness (QED) is 0.912. The highest BCUT2D eigenvalue weighted by atomic mass is 19.1. The summed E-state index contributed by atoms with van der Waals surface area (Å²) >= 11 is 0. The van der Waals surface area contributed by atoms with E-state index in [1.165, 1.54) is 23.3 Å². The Labute approximate surface area is 119 Å². The number of hydrogen-bond donors (Lipinski definition) is 1. The highest BCUT2D eigenvalue weighted by molar-refractivity contribution is 5.37. The van der Waals surface area contributed by atoms with Gasteiger partial charge in [-0.05, 0) is 43.5 Å². The van der Waals surface area contributed by atoms with Gasteiger partial charge in [-0.25, -0.2) is 4.39 Å². The Bertz CT molecular complexity index is 608. The topological polar surface area (TPSA) is 35.2 Å². The lowest BCUT2D eigenvalue weighted by molar-refractivity contribution is 0.299. The van der Waals surface area contributed by atoms with E-state index < -0.39 is 0 Å². The van der Waals surface area contributed by atoms with Gasteiger partial charge in [-0.15, -0.1) is 0 Å². The number of halogens is 1. The summed E-state index contributed by atoms with van der Waals surface area (Å²) in [5.41, 5.74) is 10.2. The fraction of sp³-hybridized carbons (Fsp3) is 0.294. The summed E-state index contributed by atoms with van der Waals surface area (Å²) in [6.07, 6.45) is 0. The molecule has 3 heteroatoms. The van der Waals surface area contributed by atoms with Crippen molar-refractivity contribution in [1.82, 2.24) is 0 Å². The third kappa shape index (κ3) is 3.36. The number of hydrogen-bond acceptors (Lipinski definition) is 2. The molecule has 0 radical (unpaired) electrons. The van der Waals surface area contributed by atoms with Crippen LogP contribution in [0.1, 0.15) is 35.2 Å². The standard InChI is InChI=1S/C17H20FNO/c1-11-4-5-14(8-12(11)2)10-20-17-9-15(18)6-7-16(17)13(3)19/h4-9,13H,10,19H2,1-3H3. The minimum atomic E-state index is -0.315. The normalized spacial score (nSPS) is 12.2. The van der Waals surface area contributed by atoms with Crippen molar-refractivity contribution in [1.29, 1.82) is 0 Å². The van der Waals surface area contributed by atoms with Crippen molar-refractivity contribution in [3.63, 3.8) is 0 Å². The van der Waals surface area contributed by atoms with E-state index in [1.54, 1.807) is 6.07 Å². The summed E-state index contributed by atoms with van der Waals surface area (Å²) < 4.78 is 19.1. The van der Waals surface area contributed by atoms with Gasteiger partial charge in [0.1, 0.15) is 18.2 Å². The molecule has 2 nitrogen and oxygen atoms in total. The highest BCUT2D eigenvalue weighted by Gasteiger charge is 2.09. The molecule has 2 N–H and O–H groups in total. The number of benzene rings is 2. The zero-order chi connectivity index (χ0) is 14.7. The molecular formula is C17H20FNO. The second-order valence-corrected chi connectivity index (χ2v) is 5.18. The maximum Gasteiger partial charge on any atom is 0.127 e. The summed E-state index contributed by atoms with van der Waals surface area (Å²) in [7, 11) is 0. The summed E-state index contributed by atoms with van der Waals surface area (Å²) in [5, 5.41) is 0. The van der Waals surface area contributed by atoms with Gasteiger partial charge in [0.05, 0.1) is 0 Å². The van der Waals surface area contributed by atoms with Crippen LogP contribution in [0.5, 0.6) is 5.75 Å². The van der Waals surface area contributed by atoms with Crippen LogP contribution in [0.2, 0.25) is 0 Å². The minimum absolute atomic E-state index is 0.189. The van der Waals surface area contributed by atoms with Gasteiger partial charge in [-0.3, -0.25) is 0 Å². The van der Waals surface area contributed by atoms with E-state index in [2.05, 4.69) is 26.0 Å². The summed E-state index contributed by atoms with van der Waals surface area (Å²) in [6, 6.07) is 10.4. The van der Waals surface area contributed by atoms with Crippen molar-refractivity contribution in [2.45, 2.75) is 33.4 Å². The zero-order valence-electron chi connectivity index (χ0n) is 12.1. The molecule has 1 unspecified atom stereocenters. The molecule has 0 saturated heterocycles. The van der Waals surface area contributed by atoms with Gasteiger partial charge in [0.25, 0.3) is 0 Å². The first-order valence-electron chi connectivity index (χ1n) is 6.71. The Morgan fingerprint density at radius 2 is 1.85 bits per heavy atom.